The van der Waals surface area contributed by atoms with Gasteiger partial charge in [-0.05, 0) is 12.0 Å². The second-order valence-electron chi connectivity index (χ2n) is 3.29. The summed E-state index contributed by atoms with van der Waals surface area (Å²) >= 11 is 0. The van der Waals surface area contributed by atoms with E-state index in [4.69, 9.17) is 0 Å². The topological polar surface area (TPSA) is 20.2 Å². The third kappa shape index (κ3) is 2.71. The normalized spacial score (nSPS) is 14.9. The summed E-state index contributed by atoms with van der Waals surface area (Å²) in [5.41, 5.74) is 1.18. The molecule has 1 aromatic carbocycles. The highest BCUT2D eigenvalue weighted by molar-refractivity contribution is 5.19. The monoisotopic (exact) mass is 176 g/mol. The van der Waals surface area contributed by atoms with Crippen LogP contribution in [0.3, 0.4) is 0 Å². The average molecular weight is 176 g/mol. The van der Waals surface area contributed by atoms with E-state index in [-0.39, 0.29) is 12.0 Å². The number of hydrogen-bond donors (Lipinski definition) is 1. The van der Waals surface area contributed by atoms with E-state index in [0.717, 1.165) is 0 Å². The number of aliphatic hydroxyl groups is 1. The highest BCUT2D eigenvalue weighted by Crippen LogP contribution is 2.20. The fourth-order valence-corrected chi connectivity index (χ4v) is 1.35. The second-order valence-corrected chi connectivity index (χ2v) is 3.29. The highest BCUT2D eigenvalue weighted by atomic mass is 16.3. The average Bonchev–Trinajstić information content (AvgIpc) is 2.18. The van der Waals surface area contributed by atoms with Gasteiger partial charge in [-0.1, -0.05) is 43.3 Å². The van der Waals surface area contributed by atoms with Gasteiger partial charge in [-0.15, -0.1) is 6.58 Å². The first-order valence-corrected chi connectivity index (χ1v) is 4.59. The van der Waals surface area contributed by atoms with Gasteiger partial charge >= 0.3 is 0 Å². The first-order valence-electron chi connectivity index (χ1n) is 4.59. The Kier molecular flexibility index (Phi) is 3.71. The standard InChI is InChI=1S/C12H16O/c1-3-7-12(13)10(2)11-8-5-4-6-9-11/h3-6,8-10,12-13H,1,7H2,2H3/t10-,12+/m1/s1. The lowest BCUT2D eigenvalue weighted by atomic mass is 9.94. The highest BCUT2D eigenvalue weighted by Gasteiger charge is 2.13. The van der Waals surface area contributed by atoms with Crippen LogP contribution in [0.2, 0.25) is 0 Å². The Morgan fingerprint density at radius 3 is 2.54 bits per heavy atom. The summed E-state index contributed by atoms with van der Waals surface area (Å²) in [6.07, 6.45) is 2.08. The first-order chi connectivity index (χ1) is 6.25. The van der Waals surface area contributed by atoms with E-state index in [2.05, 4.69) is 6.58 Å². The minimum atomic E-state index is -0.320. The summed E-state index contributed by atoms with van der Waals surface area (Å²) in [7, 11) is 0. The molecule has 0 aliphatic carbocycles. The smallest absolute Gasteiger partial charge is 0.0640 e. The van der Waals surface area contributed by atoms with E-state index in [0.29, 0.717) is 6.42 Å². The molecule has 0 aromatic heterocycles. The van der Waals surface area contributed by atoms with Crippen molar-refractivity contribution in [2.24, 2.45) is 0 Å². The lowest BCUT2D eigenvalue weighted by Crippen LogP contribution is -2.14. The summed E-state index contributed by atoms with van der Waals surface area (Å²) in [6.45, 7) is 5.65. The van der Waals surface area contributed by atoms with E-state index in [9.17, 15) is 5.11 Å². The van der Waals surface area contributed by atoms with Crippen molar-refractivity contribution in [2.45, 2.75) is 25.4 Å². The predicted molar refractivity (Wildman–Crippen MR) is 55.7 cm³/mol. The van der Waals surface area contributed by atoms with Crippen LogP contribution in [0.25, 0.3) is 0 Å². The fourth-order valence-electron chi connectivity index (χ4n) is 1.35. The Bertz CT molecular complexity index is 253. The van der Waals surface area contributed by atoms with Crippen molar-refractivity contribution in [3.8, 4) is 0 Å². The second kappa shape index (κ2) is 4.83. The lowest BCUT2D eigenvalue weighted by Gasteiger charge is -2.17. The molecule has 2 atom stereocenters. The zero-order valence-corrected chi connectivity index (χ0v) is 7.98. The third-order valence-electron chi connectivity index (χ3n) is 2.31. The molecule has 1 heteroatoms. The summed E-state index contributed by atoms with van der Waals surface area (Å²) < 4.78 is 0. The van der Waals surface area contributed by atoms with Gasteiger partial charge in [0.15, 0.2) is 0 Å². The number of hydrogen-bond acceptors (Lipinski definition) is 1. The largest absolute Gasteiger partial charge is 0.392 e. The molecule has 1 N–H and O–H groups in total. The Hall–Kier alpha value is -1.08. The van der Waals surface area contributed by atoms with Crippen molar-refractivity contribution in [2.75, 3.05) is 0 Å². The minimum absolute atomic E-state index is 0.180. The maximum Gasteiger partial charge on any atom is 0.0640 e. The molecular weight excluding hydrogens is 160 g/mol. The summed E-state index contributed by atoms with van der Waals surface area (Å²) in [5, 5.41) is 9.70. The molecule has 1 nitrogen and oxygen atoms in total. The van der Waals surface area contributed by atoms with Crippen LogP contribution in [-0.4, -0.2) is 11.2 Å². The lowest BCUT2D eigenvalue weighted by molar-refractivity contribution is 0.152. The maximum atomic E-state index is 9.70. The molecule has 0 unspecified atom stereocenters. The van der Waals surface area contributed by atoms with E-state index in [1.807, 2.05) is 37.3 Å². The van der Waals surface area contributed by atoms with Gasteiger partial charge in [-0.3, -0.25) is 0 Å². The van der Waals surface area contributed by atoms with Crippen molar-refractivity contribution >= 4 is 0 Å². The van der Waals surface area contributed by atoms with Gasteiger partial charge in [0.25, 0.3) is 0 Å². The van der Waals surface area contributed by atoms with E-state index in [1.54, 1.807) is 6.08 Å². The van der Waals surface area contributed by atoms with Gasteiger partial charge in [-0.2, -0.15) is 0 Å². The zero-order valence-electron chi connectivity index (χ0n) is 7.98. The molecule has 0 spiro atoms. The number of benzene rings is 1. The van der Waals surface area contributed by atoms with Gasteiger partial charge in [-0.25, -0.2) is 0 Å². The quantitative estimate of drug-likeness (QED) is 0.699. The fraction of sp³-hybridized carbons (Fsp3) is 0.333. The van der Waals surface area contributed by atoms with Crippen LogP contribution in [0.4, 0.5) is 0 Å². The van der Waals surface area contributed by atoms with Crippen LogP contribution in [0.15, 0.2) is 43.0 Å². The molecule has 13 heavy (non-hydrogen) atoms. The van der Waals surface area contributed by atoms with Gasteiger partial charge in [0.2, 0.25) is 0 Å². The first kappa shape index (κ1) is 10.0. The minimum Gasteiger partial charge on any atom is -0.392 e. The van der Waals surface area contributed by atoms with Crippen LogP contribution in [0, 0.1) is 0 Å². The van der Waals surface area contributed by atoms with Crippen LogP contribution < -0.4 is 0 Å². The zero-order chi connectivity index (χ0) is 9.68. The predicted octanol–water partition coefficient (Wildman–Crippen LogP) is 2.73. The summed E-state index contributed by atoms with van der Waals surface area (Å²) in [5.74, 6) is 0.180. The van der Waals surface area contributed by atoms with Gasteiger partial charge in [0.05, 0.1) is 6.10 Å². The molecular formula is C12H16O. The summed E-state index contributed by atoms with van der Waals surface area (Å²) in [4.78, 5) is 0. The number of rotatable bonds is 4. The van der Waals surface area contributed by atoms with E-state index in [1.165, 1.54) is 5.56 Å². The van der Waals surface area contributed by atoms with Crippen LogP contribution in [-0.2, 0) is 0 Å². The Balaban J connectivity index is 2.67. The van der Waals surface area contributed by atoms with Crippen LogP contribution in [0.5, 0.6) is 0 Å². The molecule has 0 aliphatic heterocycles. The molecule has 0 amide bonds. The molecule has 0 saturated heterocycles. The third-order valence-corrected chi connectivity index (χ3v) is 2.31. The molecule has 0 fully saturated rings. The molecule has 1 aromatic rings. The van der Waals surface area contributed by atoms with Crippen molar-refractivity contribution in [1.82, 2.24) is 0 Å². The Labute approximate surface area is 79.7 Å². The van der Waals surface area contributed by atoms with Crippen molar-refractivity contribution in [3.63, 3.8) is 0 Å². The van der Waals surface area contributed by atoms with E-state index >= 15 is 0 Å². The van der Waals surface area contributed by atoms with Crippen molar-refractivity contribution < 1.29 is 5.11 Å². The molecule has 0 radical (unpaired) electrons. The molecule has 0 aliphatic rings. The van der Waals surface area contributed by atoms with Gasteiger partial charge in [0.1, 0.15) is 0 Å². The van der Waals surface area contributed by atoms with Crippen LogP contribution >= 0.6 is 0 Å². The SMILES string of the molecule is C=CC[C@H](O)[C@H](C)c1ccccc1. The Morgan fingerprint density at radius 2 is 2.00 bits per heavy atom. The van der Waals surface area contributed by atoms with Crippen LogP contribution in [0.1, 0.15) is 24.8 Å². The van der Waals surface area contributed by atoms with Crippen molar-refractivity contribution in [1.29, 1.82) is 0 Å². The molecule has 70 valence electrons. The van der Waals surface area contributed by atoms with Crippen molar-refractivity contribution in [3.05, 3.63) is 48.6 Å². The molecule has 0 saturated carbocycles. The number of aliphatic hydroxyl groups excluding tert-OH is 1. The van der Waals surface area contributed by atoms with E-state index < -0.39 is 0 Å². The molecule has 0 bridgehead atoms. The molecule has 0 heterocycles. The van der Waals surface area contributed by atoms with Gasteiger partial charge < -0.3 is 5.11 Å². The molecule has 1 rings (SSSR count). The summed E-state index contributed by atoms with van der Waals surface area (Å²) in [6, 6.07) is 10.0. The Morgan fingerprint density at radius 1 is 1.38 bits per heavy atom. The van der Waals surface area contributed by atoms with Gasteiger partial charge in [0, 0.05) is 5.92 Å². The maximum absolute atomic E-state index is 9.70.